The molecule has 5 rings (SSSR count). The van der Waals surface area contributed by atoms with E-state index in [9.17, 15) is 0 Å². The van der Waals surface area contributed by atoms with Gasteiger partial charge >= 0.3 is 0 Å². The second-order valence-corrected chi connectivity index (χ2v) is 6.55. The van der Waals surface area contributed by atoms with Crippen LogP contribution in [-0.4, -0.2) is 25.3 Å². The van der Waals surface area contributed by atoms with Crippen molar-refractivity contribution in [2.75, 3.05) is 20.4 Å². The predicted octanol–water partition coefficient (Wildman–Crippen LogP) is 3.60. The molecule has 0 bridgehead atoms. The van der Waals surface area contributed by atoms with Crippen LogP contribution in [0.1, 0.15) is 27.8 Å². The van der Waals surface area contributed by atoms with Crippen LogP contribution in [-0.2, 0) is 13.0 Å². The van der Waals surface area contributed by atoms with E-state index in [1.54, 1.807) is 7.11 Å². The molecule has 0 saturated heterocycles. The Balaban J connectivity index is 1.68. The molecule has 4 nitrogen and oxygen atoms in total. The molecule has 122 valence electrons. The molecule has 3 heterocycles. The first-order valence-electron chi connectivity index (χ1n) is 8.30. The van der Waals surface area contributed by atoms with Crippen molar-refractivity contribution in [3.63, 3.8) is 0 Å². The minimum atomic E-state index is 0.320. The summed E-state index contributed by atoms with van der Waals surface area (Å²) >= 11 is 0. The Morgan fingerprint density at radius 2 is 1.96 bits per heavy atom. The van der Waals surface area contributed by atoms with Gasteiger partial charge in [-0.25, -0.2) is 0 Å². The summed E-state index contributed by atoms with van der Waals surface area (Å²) in [5.74, 6) is 2.74. The third-order valence-electron chi connectivity index (χ3n) is 5.21. The van der Waals surface area contributed by atoms with Crippen molar-refractivity contribution in [2.24, 2.45) is 0 Å². The molecule has 0 saturated carbocycles. The monoisotopic (exact) mass is 321 g/mol. The molecule has 0 fully saturated rings. The van der Waals surface area contributed by atoms with Crippen molar-refractivity contribution in [1.29, 1.82) is 0 Å². The van der Waals surface area contributed by atoms with Gasteiger partial charge in [-0.1, -0.05) is 12.1 Å². The van der Waals surface area contributed by atoms with Crippen molar-refractivity contribution < 1.29 is 14.2 Å². The lowest BCUT2D eigenvalue weighted by atomic mass is 9.89. The van der Waals surface area contributed by atoms with Crippen molar-refractivity contribution in [3.8, 4) is 17.2 Å². The van der Waals surface area contributed by atoms with E-state index in [1.807, 2.05) is 0 Å². The van der Waals surface area contributed by atoms with Crippen LogP contribution >= 0.6 is 0 Å². The molecule has 0 N–H and O–H groups in total. The first-order valence-corrected chi connectivity index (χ1v) is 8.30. The van der Waals surface area contributed by atoms with Gasteiger partial charge in [0.25, 0.3) is 0 Å². The highest BCUT2D eigenvalue weighted by atomic mass is 16.7. The summed E-state index contributed by atoms with van der Waals surface area (Å²) in [7, 11) is 1.76. The molecule has 0 atom stereocenters. The van der Waals surface area contributed by atoms with E-state index in [-0.39, 0.29) is 0 Å². The minimum Gasteiger partial charge on any atom is -0.496 e. The Morgan fingerprint density at radius 3 is 2.79 bits per heavy atom. The van der Waals surface area contributed by atoms with Gasteiger partial charge in [0, 0.05) is 29.9 Å². The highest BCUT2D eigenvalue weighted by Gasteiger charge is 2.29. The Bertz CT molecular complexity index is 885. The lowest BCUT2D eigenvalue weighted by molar-refractivity contribution is 0.174. The zero-order valence-corrected chi connectivity index (χ0v) is 13.9. The van der Waals surface area contributed by atoms with Gasteiger partial charge in [0.15, 0.2) is 11.5 Å². The average Bonchev–Trinajstić information content (AvgIpc) is 3.05. The zero-order valence-electron chi connectivity index (χ0n) is 13.9. The summed E-state index contributed by atoms with van der Waals surface area (Å²) in [6.45, 7) is 4.32. The molecule has 0 unspecified atom stereocenters. The Kier molecular flexibility index (Phi) is 2.84. The quantitative estimate of drug-likeness (QED) is 0.803. The molecule has 3 aliphatic rings. The smallest absolute Gasteiger partial charge is 0.231 e. The third kappa shape index (κ3) is 1.86. The number of aryl methyl sites for hydroxylation is 1. The van der Waals surface area contributed by atoms with Crippen molar-refractivity contribution in [2.45, 2.75) is 19.9 Å². The largest absolute Gasteiger partial charge is 0.496 e. The maximum Gasteiger partial charge on any atom is 0.231 e. The lowest BCUT2D eigenvalue weighted by Crippen LogP contribution is -2.31. The normalized spacial score (nSPS) is 16.9. The summed E-state index contributed by atoms with van der Waals surface area (Å²) in [5, 5.41) is 0. The summed E-state index contributed by atoms with van der Waals surface area (Å²) < 4.78 is 16.8. The van der Waals surface area contributed by atoms with Crippen LogP contribution in [0, 0.1) is 6.92 Å². The fraction of sp³-hybridized carbons (Fsp3) is 0.300. The SMILES string of the molecule is COc1c(C)ccc2c1CN1CCc3cc4c(cc3C1=C2)OCO4. The molecule has 3 aliphatic heterocycles. The highest BCUT2D eigenvalue weighted by molar-refractivity contribution is 5.87. The fourth-order valence-electron chi connectivity index (χ4n) is 3.99. The van der Waals surface area contributed by atoms with E-state index in [2.05, 4.69) is 42.2 Å². The van der Waals surface area contributed by atoms with Crippen LogP contribution in [0.3, 0.4) is 0 Å². The summed E-state index contributed by atoms with van der Waals surface area (Å²) in [5.41, 5.74) is 7.58. The number of hydrogen-bond donors (Lipinski definition) is 0. The van der Waals surface area contributed by atoms with E-state index in [0.29, 0.717) is 6.79 Å². The van der Waals surface area contributed by atoms with Gasteiger partial charge in [-0.15, -0.1) is 0 Å². The maximum absolute atomic E-state index is 5.66. The number of ether oxygens (including phenoxy) is 3. The molecule has 24 heavy (non-hydrogen) atoms. The van der Waals surface area contributed by atoms with Crippen LogP contribution in [0.15, 0.2) is 24.3 Å². The molecule has 0 radical (unpaired) electrons. The second kappa shape index (κ2) is 4.94. The van der Waals surface area contributed by atoms with E-state index in [4.69, 9.17) is 14.2 Å². The number of hydrogen-bond acceptors (Lipinski definition) is 4. The van der Waals surface area contributed by atoms with Crippen molar-refractivity contribution >= 4 is 11.8 Å². The first-order chi connectivity index (χ1) is 11.7. The van der Waals surface area contributed by atoms with E-state index < -0.39 is 0 Å². The molecule has 2 aromatic rings. The van der Waals surface area contributed by atoms with Crippen LogP contribution in [0.2, 0.25) is 0 Å². The maximum atomic E-state index is 5.66. The van der Waals surface area contributed by atoms with Gasteiger partial charge in [-0.3, -0.25) is 0 Å². The number of rotatable bonds is 1. The highest BCUT2D eigenvalue weighted by Crippen LogP contribution is 2.44. The van der Waals surface area contributed by atoms with Crippen molar-refractivity contribution in [1.82, 2.24) is 4.90 Å². The number of fused-ring (bicyclic) bond motifs is 5. The van der Waals surface area contributed by atoms with Gasteiger partial charge in [-0.05, 0) is 48.2 Å². The van der Waals surface area contributed by atoms with Crippen LogP contribution in [0.5, 0.6) is 17.2 Å². The molecule has 2 aromatic carbocycles. The van der Waals surface area contributed by atoms with Crippen molar-refractivity contribution in [3.05, 3.63) is 52.1 Å². The second-order valence-electron chi connectivity index (χ2n) is 6.55. The summed E-state index contributed by atoms with van der Waals surface area (Å²) in [6.07, 6.45) is 3.30. The fourth-order valence-corrected chi connectivity index (χ4v) is 3.99. The van der Waals surface area contributed by atoms with E-state index in [1.165, 1.54) is 33.5 Å². The van der Waals surface area contributed by atoms with Crippen LogP contribution in [0.4, 0.5) is 0 Å². The Hall–Kier alpha value is -2.62. The Labute approximate surface area is 141 Å². The predicted molar refractivity (Wildman–Crippen MR) is 92.3 cm³/mol. The van der Waals surface area contributed by atoms with Crippen LogP contribution in [0.25, 0.3) is 11.8 Å². The number of benzene rings is 2. The Morgan fingerprint density at radius 1 is 1.12 bits per heavy atom. The minimum absolute atomic E-state index is 0.320. The third-order valence-corrected chi connectivity index (χ3v) is 5.21. The topological polar surface area (TPSA) is 30.9 Å². The average molecular weight is 321 g/mol. The van der Waals surface area contributed by atoms with Gasteiger partial charge in [0.05, 0.1) is 7.11 Å². The molecule has 4 heteroatoms. The number of nitrogens with zero attached hydrogens (tertiary/aromatic N) is 1. The number of methoxy groups -OCH3 is 1. The van der Waals surface area contributed by atoms with Gasteiger partial charge in [0.1, 0.15) is 5.75 Å². The molecule has 0 aliphatic carbocycles. The van der Waals surface area contributed by atoms with Gasteiger partial charge in [0.2, 0.25) is 6.79 Å². The summed E-state index contributed by atoms with van der Waals surface area (Å²) in [6, 6.07) is 8.60. The lowest BCUT2D eigenvalue weighted by Gasteiger charge is -2.37. The van der Waals surface area contributed by atoms with Gasteiger partial charge < -0.3 is 19.1 Å². The molecule has 0 spiro atoms. The van der Waals surface area contributed by atoms with Gasteiger partial charge in [-0.2, -0.15) is 0 Å². The molecular formula is C20H19NO3. The molecule has 0 aromatic heterocycles. The molecular weight excluding hydrogens is 302 g/mol. The zero-order chi connectivity index (χ0) is 16.3. The van der Waals surface area contributed by atoms with E-state index in [0.717, 1.165) is 36.8 Å². The van der Waals surface area contributed by atoms with E-state index >= 15 is 0 Å². The molecule has 0 amide bonds. The van der Waals surface area contributed by atoms with Crippen LogP contribution < -0.4 is 14.2 Å². The summed E-state index contributed by atoms with van der Waals surface area (Å²) in [4.78, 5) is 2.44. The standard InChI is InChI=1S/C20H19NO3/c1-12-3-4-13-7-17-15-9-19-18(23-11-24-19)8-14(15)5-6-21(17)10-16(13)20(12)22-2/h3-4,7-9H,5-6,10-11H2,1-2H3. The first kappa shape index (κ1) is 13.8.